The maximum atomic E-state index is 13.4. The Morgan fingerprint density at radius 2 is 2.16 bits per heavy atom. The lowest BCUT2D eigenvalue weighted by molar-refractivity contribution is -0.180. The van der Waals surface area contributed by atoms with E-state index < -0.39 is 26.9 Å². The number of hydrogen-bond donors (Lipinski definition) is 2. The SMILES string of the molecule is O=C(COc1ccc(Cl)c(F)c1)N[Si]1CC[C@H](c2nnc(N3CC(C(F)(F)F)C3)o2)NC1. The van der Waals surface area contributed by atoms with E-state index in [1.165, 1.54) is 17.0 Å². The van der Waals surface area contributed by atoms with Gasteiger partial charge in [-0.25, -0.2) is 4.39 Å². The maximum absolute atomic E-state index is 13.4. The van der Waals surface area contributed by atoms with Crippen LogP contribution in [-0.4, -0.2) is 57.1 Å². The van der Waals surface area contributed by atoms with Crippen molar-refractivity contribution < 1.29 is 31.5 Å². The van der Waals surface area contributed by atoms with Crippen molar-refractivity contribution in [2.75, 3.05) is 30.8 Å². The van der Waals surface area contributed by atoms with E-state index in [-0.39, 0.29) is 48.4 Å². The molecule has 1 aromatic heterocycles. The maximum Gasteiger partial charge on any atom is 0.395 e. The number of amides is 1. The van der Waals surface area contributed by atoms with E-state index in [0.717, 1.165) is 12.1 Å². The number of ether oxygens (including phenoxy) is 1. The Balaban J connectivity index is 1.19. The van der Waals surface area contributed by atoms with Crippen molar-refractivity contribution in [1.29, 1.82) is 0 Å². The summed E-state index contributed by atoms with van der Waals surface area (Å²) in [5.41, 5.74) is 0. The number of carbonyl (C=O) groups excluding carboxylic acids is 1. The van der Waals surface area contributed by atoms with Crippen LogP contribution in [0.2, 0.25) is 11.1 Å². The van der Waals surface area contributed by atoms with E-state index in [9.17, 15) is 22.4 Å². The molecule has 0 aliphatic carbocycles. The molecule has 0 spiro atoms. The van der Waals surface area contributed by atoms with Crippen LogP contribution in [0.1, 0.15) is 18.4 Å². The molecule has 2 saturated heterocycles. The summed E-state index contributed by atoms with van der Waals surface area (Å²) >= 11 is 5.61. The summed E-state index contributed by atoms with van der Waals surface area (Å²) in [4.78, 5) is 16.4. The minimum Gasteiger partial charge on any atom is -0.484 e. The quantitative estimate of drug-likeness (QED) is 0.473. The molecule has 2 aliphatic rings. The summed E-state index contributed by atoms with van der Waals surface area (Å²) in [5, 5.41) is 11.0. The van der Waals surface area contributed by atoms with E-state index >= 15 is 0 Å². The van der Waals surface area contributed by atoms with Crippen molar-refractivity contribution in [3.8, 4) is 5.75 Å². The second-order valence-electron chi connectivity index (χ2n) is 7.55. The first-order chi connectivity index (χ1) is 15.2. The standard InChI is InChI=1S/C18H19ClF4N5O3Si/c19-12-2-1-11(5-13(12)20)30-8-15(29)27-32-4-3-14(24-9-32)16-25-26-17(31-16)28-6-10(7-28)18(21,22)23/h1-2,5,10,14,24H,3-4,6-9H2,(H,27,29)/t14-/m1/s1. The van der Waals surface area contributed by atoms with Gasteiger partial charge >= 0.3 is 12.2 Å². The molecule has 14 heteroatoms. The van der Waals surface area contributed by atoms with Crippen LogP contribution >= 0.6 is 11.6 Å². The van der Waals surface area contributed by atoms with Gasteiger partial charge in [0.25, 0.3) is 0 Å². The number of carbonyl (C=O) groups is 1. The van der Waals surface area contributed by atoms with Crippen LogP contribution in [0.3, 0.4) is 0 Å². The fraction of sp³-hybridized carbons (Fsp3) is 0.500. The minimum absolute atomic E-state index is 0.0289. The summed E-state index contributed by atoms with van der Waals surface area (Å²) < 4.78 is 62.1. The molecule has 173 valence electrons. The fourth-order valence-corrected chi connectivity index (χ4v) is 5.46. The van der Waals surface area contributed by atoms with E-state index in [1.54, 1.807) is 0 Å². The molecule has 1 radical (unpaired) electrons. The zero-order chi connectivity index (χ0) is 22.9. The Hall–Kier alpha value is -2.38. The van der Waals surface area contributed by atoms with E-state index in [1.807, 2.05) is 0 Å². The highest BCUT2D eigenvalue weighted by Crippen LogP contribution is 2.36. The first kappa shape index (κ1) is 22.8. The van der Waals surface area contributed by atoms with Crippen LogP contribution in [0.15, 0.2) is 22.6 Å². The van der Waals surface area contributed by atoms with E-state index in [0.29, 0.717) is 18.5 Å². The second-order valence-corrected chi connectivity index (χ2v) is 10.3. The number of benzene rings is 1. The summed E-state index contributed by atoms with van der Waals surface area (Å²) in [6.07, 6.45) is -3.05. The number of anilines is 1. The Labute approximate surface area is 186 Å². The van der Waals surface area contributed by atoms with Crippen molar-refractivity contribution in [1.82, 2.24) is 20.5 Å². The van der Waals surface area contributed by atoms with Crippen molar-refractivity contribution in [2.45, 2.75) is 24.7 Å². The molecule has 8 nitrogen and oxygen atoms in total. The molecular formula is C18H19ClF4N5O3Si. The summed E-state index contributed by atoms with van der Waals surface area (Å²) in [7, 11) is -1.24. The van der Waals surface area contributed by atoms with Gasteiger partial charge in [0.2, 0.25) is 11.8 Å². The van der Waals surface area contributed by atoms with Crippen molar-refractivity contribution in [3.63, 3.8) is 0 Å². The molecule has 0 saturated carbocycles. The molecule has 2 aromatic rings. The van der Waals surface area contributed by atoms with Crippen LogP contribution < -0.4 is 19.9 Å². The normalized spacial score (nSPS) is 20.2. The van der Waals surface area contributed by atoms with Gasteiger partial charge in [0, 0.05) is 25.3 Å². The third kappa shape index (κ3) is 5.32. The highest BCUT2D eigenvalue weighted by molar-refractivity contribution is 6.59. The molecule has 2 fully saturated rings. The average Bonchev–Trinajstić information content (AvgIpc) is 3.17. The van der Waals surface area contributed by atoms with Gasteiger partial charge in [-0.3, -0.25) is 4.79 Å². The highest BCUT2D eigenvalue weighted by atomic mass is 35.5. The first-order valence-corrected chi connectivity index (χ1v) is 12.1. The molecule has 0 bridgehead atoms. The summed E-state index contributed by atoms with van der Waals surface area (Å²) in [6, 6.07) is 4.51. The summed E-state index contributed by atoms with van der Waals surface area (Å²) in [5.74, 6) is -1.79. The van der Waals surface area contributed by atoms with Gasteiger partial charge in [-0.1, -0.05) is 16.7 Å². The van der Waals surface area contributed by atoms with Gasteiger partial charge in [0.15, 0.2) is 15.6 Å². The van der Waals surface area contributed by atoms with Gasteiger partial charge in [-0.05, 0) is 24.6 Å². The third-order valence-electron chi connectivity index (χ3n) is 5.22. The molecule has 1 atom stereocenters. The van der Waals surface area contributed by atoms with Crippen molar-refractivity contribution >= 4 is 32.5 Å². The Morgan fingerprint density at radius 1 is 1.38 bits per heavy atom. The molecule has 4 rings (SSSR count). The monoisotopic (exact) mass is 492 g/mol. The molecule has 3 heterocycles. The van der Waals surface area contributed by atoms with Crippen molar-refractivity contribution in [2.24, 2.45) is 5.92 Å². The Kier molecular flexibility index (Phi) is 6.58. The molecule has 2 N–H and O–H groups in total. The average molecular weight is 493 g/mol. The smallest absolute Gasteiger partial charge is 0.395 e. The van der Waals surface area contributed by atoms with E-state index in [2.05, 4.69) is 20.5 Å². The summed E-state index contributed by atoms with van der Waals surface area (Å²) in [6.45, 7) is -0.624. The van der Waals surface area contributed by atoms with Crippen molar-refractivity contribution in [3.05, 3.63) is 34.9 Å². The molecule has 32 heavy (non-hydrogen) atoms. The number of nitrogens with one attached hydrogen (secondary N) is 2. The van der Waals surface area contributed by atoms with Crippen LogP contribution in [-0.2, 0) is 4.79 Å². The van der Waals surface area contributed by atoms with Gasteiger partial charge in [0.1, 0.15) is 11.6 Å². The van der Waals surface area contributed by atoms with Gasteiger partial charge in [-0.2, -0.15) is 13.2 Å². The lowest BCUT2D eigenvalue weighted by Gasteiger charge is -2.38. The number of rotatable bonds is 6. The van der Waals surface area contributed by atoms with Gasteiger partial charge in [-0.15, -0.1) is 5.10 Å². The fourth-order valence-electron chi connectivity index (χ4n) is 3.36. The predicted octanol–water partition coefficient (Wildman–Crippen LogP) is 2.62. The minimum atomic E-state index is -4.22. The molecule has 1 aromatic carbocycles. The number of nitrogens with zero attached hydrogens (tertiary/aromatic N) is 3. The second kappa shape index (κ2) is 9.23. The predicted molar refractivity (Wildman–Crippen MR) is 107 cm³/mol. The van der Waals surface area contributed by atoms with E-state index in [4.69, 9.17) is 20.8 Å². The topological polar surface area (TPSA) is 92.5 Å². The molecule has 1 amide bonds. The number of aromatic nitrogens is 2. The highest BCUT2D eigenvalue weighted by Gasteiger charge is 2.48. The Morgan fingerprint density at radius 3 is 2.81 bits per heavy atom. The third-order valence-corrected chi connectivity index (χ3v) is 7.68. The number of hydrogen-bond acceptors (Lipinski definition) is 7. The lowest BCUT2D eigenvalue weighted by atomic mass is 10.0. The number of alkyl halides is 3. The van der Waals surface area contributed by atoms with Gasteiger partial charge < -0.3 is 24.4 Å². The van der Waals surface area contributed by atoms with Gasteiger partial charge in [0.05, 0.1) is 17.0 Å². The van der Waals surface area contributed by atoms with Crippen LogP contribution in [0, 0.1) is 11.7 Å². The molecular weight excluding hydrogens is 474 g/mol. The number of halogens is 5. The zero-order valence-electron chi connectivity index (χ0n) is 16.6. The largest absolute Gasteiger partial charge is 0.484 e. The van der Waals surface area contributed by atoms with Crippen LogP contribution in [0.4, 0.5) is 23.6 Å². The zero-order valence-corrected chi connectivity index (χ0v) is 18.3. The lowest BCUT2D eigenvalue weighted by Crippen LogP contribution is -2.53. The van der Waals surface area contributed by atoms with Crippen LogP contribution in [0.5, 0.6) is 5.75 Å². The molecule has 0 unspecified atom stereocenters. The Bertz CT molecular complexity index is 964. The molecule has 2 aliphatic heterocycles. The first-order valence-electron chi connectivity index (χ1n) is 9.80. The van der Waals surface area contributed by atoms with Crippen LogP contribution in [0.25, 0.3) is 0 Å².